The molecular formula is C30H51N5O7S. The fourth-order valence-electron chi connectivity index (χ4n) is 6.03. The van der Waals surface area contributed by atoms with E-state index in [9.17, 15) is 32.4 Å². The molecule has 2 rings (SSSR count). The van der Waals surface area contributed by atoms with E-state index in [1.54, 1.807) is 20.8 Å². The van der Waals surface area contributed by atoms with E-state index in [1.165, 1.54) is 11.0 Å². The minimum atomic E-state index is -3.71. The molecule has 2 fully saturated rings. The smallest absolute Gasteiger partial charge is 0.289 e. The molecule has 0 radical (unpaired) electrons. The number of hydrogen-bond acceptors (Lipinski definition) is 7. The zero-order valence-corrected chi connectivity index (χ0v) is 27.9. The van der Waals surface area contributed by atoms with Gasteiger partial charge in [-0.05, 0) is 41.4 Å². The standard InChI is InChI=1S/C30H51N5O7S/c1-11-13-19(23(36)27(39)31-14-12-2)32-26(38)22-21-18(30(21,8)9)16-35(22)28(40)24(29(5,6)7)33-25(37)20(15-17(3)4)34-43(10,41)42/h12,17-22,24,34H,2,11,13-16H2,1,3-10H3,(H,31,39)(H,32,38)(H,33,37)/t18-,19-,20-,21-,22-,24+/m0/s1. The van der Waals surface area contributed by atoms with E-state index in [-0.39, 0.29) is 42.6 Å². The van der Waals surface area contributed by atoms with Crippen LogP contribution in [0.5, 0.6) is 0 Å². The van der Waals surface area contributed by atoms with Crippen molar-refractivity contribution in [2.24, 2.45) is 28.6 Å². The normalized spacial score (nSPS) is 23.0. The summed E-state index contributed by atoms with van der Waals surface area (Å²) in [6.45, 7) is 18.9. The summed E-state index contributed by atoms with van der Waals surface area (Å²) >= 11 is 0. The second-order valence-electron chi connectivity index (χ2n) is 14.0. The van der Waals surface area contributed by atoms with Crippen LogP contribution in [0.3, 0.4) is 0 Å². The quantitative estimate of drug-likeness (QED) is 0.156. The molecule has 1 saturated carbocycles. The minimum absolute atomic E-state index is 0.00702. The Labute approximate surface area is 256 Å². The van der Waals surface area contributed by atoms with Crippen molar-refractivity contribution in [1.82, 2.24) is 25.6 Å². The summed E-state index contributed by atoms with van der Waals surface area (Å²) in [5.74, 6) is -3.34. The average molecular weight is 626 g/mol. The van der Waals surface area contributed by atoms with E-state index in [1.807, 2.05) is 34.6 Å². The summed E-state index contributed by atoms with van der Waals surface area (Å²) in [4.78, 5) is 68.1. The number of hydrogen-bond donors (Lipinski definition) is 4. The fraction of sp³-hybridized carbons (Fsp3) is 0.767. The summed E-state index contributed by atoms with van der Waals surface area (Å²) in [5, 5.41) is 7.98. The van der Waals surface area contributed by atoms with E-state index in [0.29, 0.717) is 13.0 Å². The van der Waals surface area contributed by atoms with Gasteiger partial charge in [0.05, 0.1) is 12.3 Å². The van der Waals surface area contributed by atoms with Crippen molar-refractivity contribution >= 4 is 39.4 Å². The van der Waals surface area contributed by atoms with Crippen molar-refractivity contribution in [3.8, 4) is 0 Å². The number of likely N-dealkylation sites (tertiary alicyclic amines) is 1. The first kappa shape index (κ1) is 36.4. The number of amides is 4. The molecule has 12 nitrogen and oxygen atoms in total. The van der Waals surface area contributed by atoms with Gasteiger partial charge in [0.15, 0.2) is 0 Å². The van der Waals surface area contributed by atoms with Crippen LogP contribution in [0.2, 0.25) is 0 Å². The maximum absolute atomic E-state index is 14.2. The highest BCUT2D eigenvalue weighted by molar-refractivity contribution is 7.88. The van der Waals surface area contributed by atoms with Crippen molar-refractivity contribution in [3.05, 3.63) is 12.7 Å². The fourth-order valence-corrected chi connectivity index (χ4v) is 6.75. The number of ketones is 1. The van der Waals surface area contributed by atoms with E-state index >= 15 is 0 Å². The lowest BCUT2D eigenvalue weighted by atomic mass is 9.84. The van der Waals surface area contributed by atoms with E-state index in [2.05, 4.69) is 27.3 Å². The van der Waals surface area contributed by atoms with Crippen molar-refractivity contribution < 1.29 is 32.4 Å². The molecule has 1 aliphatic heterocycles. The number of sulfonamides is 1. The Morgan fingerprint density at radius 2 is 1.67 bits per heavy atom. The third kappa shape index (κ3) is 9.10. The Hall–Kier alpha value is -2.80. The van der Waals surface area contributed by atoms with Gasteiger partial charge in [-0.3, -0.25) is 24.0 Å². The number of Topliss-reactive ketones (excluding diaryl/α,β-unsaturated/α-hetero) is 1. The summed E-state index contributed by atoms with van der Waals surface area (Å²) < 4.78 is 26.3. The molecule has 0 bridgehead atoms. The van der Waals surface area contributed by atoms with Crippen molar-refractivity contribution in [3.63, 3.8) is 0 Å². The van der Waals surface area contributed by atoms with Gasteiger partial charge in [-0.25, -0.2) is 13.1 Å². The predicted octanol–water partition coefficient (Wildman–Crippen LogP) is 1.12. The van der Waals surface area contributed by atoms with Crippen LogP contribution in [0, 0.1) is 28.6 Å². The molecule has 1 aliphatic carbocycles. The molecule has 4 amide bonds. The number of rotatable bonds is 15. The van der Waals surface area contributed by atoms with Crippen LogP contribution in [0.4, 0.5) is 0 Å². The van der Waals surface area contributed by atoms with E-state index in [0.717, 1.165) is 6.26 Å². The predicted molar refractivity (Wildman–Crippen MR) is 164 cm³/mol. The molecular weight excluding hydrogens is 574 g/mol. The summed E-state index contributed by atoms with van der Waals surface area (Å²) in [6, 6.07) is -4.11. The third-order valence-corrected chi connectivity index (χ3v) is 9.09. The molecule has 244 valence electrons. The first-order valence-electron chi connectivity index (χ1n) is 15.0. The second kappa shape index (κ2) is 13.9. The van der Waals surface area contributed by atoms with Crippen LogP contribution in [0.25, 0.3) is 0 Å². The number of fused-ring (bicyclic) bond motifs is 1. The molecule has 0 aromatic rings. The maximum atomic E-state index is 14.2. The largest absolute Gasteiger partial charge is 0.346 e. The van der Waals surface area contributed by atoms with Gasteiger partial charge in [0.25, 0.3) is 5.91 Å². The zero-order chi connectivity index (χ0) is 33.1. The van der Waals surface area contributed by atoms with Gasteiger partial charge in [0.1, 0.15) is 18.1 Å². The molecule has 0 aromatic carbocycles. The second-order valence-corrected chi connectivity index (χ2v) is 15.8. The highest BCUT2D eigenvalue weighted by Gasteiger charge is 2.70. The lowest BCUT2D eigenvalue weighted by Crippen LogP contribution is -2.62. The molecule has 6 atom stereocenters. The van der Waals surface area contributed by atoms with Crippen LogP contribution in [-0.2, 0) is 34.0 Å². The first-order valence-corrected chi connectivity index (χ1v) is 16.9. The monoisotopic (exact) mass is 625 g/mol. The Balaban J connectivity index is 2.36. The van der Waals surface area contributed by atoms with Crippen molar-refractivity contribution in [1.29, 1.82) is 0 Å². The van der Waals surface area contributed by atoms with Crippen LogP contribution in [0.15, 0.2) is 12.7 Å². The number of nitrogens with one attached hydrogen (secondary N) is 4. The van der Waals surface area contributed by atoms with E-state index < -0.39 is 69.0 Å². The summed E-state index contributed by atoms with van der Waals surface area (Å²) in [5.41, 5.74) is -1.000. The van der Waals surface area contributed by atoms with Gasteiger partial charge in [0, 0.05) is 13.1 Å². The number of carbonyl (C=O) groups is 5. The van der Waals surface area contributed by atoms with Crippen LogP contribution < -0.4 is 20.7 Å². The Kier molecular flexibility index (Phi) is 11.7. The Bertz CT molecular complexity index is 1210. The number of nitrogens with zero attached hydrogens (tertiary/aromatic N) is 1. The zero-order valence-electron chi connectivity index (χ0n) is 27.1. The summed E-state index contributed by atoms with van der Waals surface area (Å²) in [7, 11) is -3.71. The van der Waals surface area contributed by atoms with Crippen LogP contribution >= 0.6 is 0 Å². The van der Waals surface area contributed by atoms with Crippen LogP contribution in [0.1, 0.15) is 74.7 Å². The highest BCUT2D eigenvalue weighted by atomic mass is 32.2. The van der Waals surface area contributed by atoms with E-state index in [4.69, 9.17) is 0 Å². The van der Waals surface area contributed by atoms with Crippen LogP contribution in [-0.4, -0.2) is 86.2 Å². The molecule has 0 spiro atoms. The van der Waals surface area contributed by atoms with Gasteiger partial charge in [-0.1, -0.05) is 67.9 Å². The van der Waals surface area contributed by atoms with Gasteiger partial charge in [0.2, 0.25) is 33.5 Å². The third-order valence-electron chi connectivity index (χ3n) is 8.38. The van der Waals surface area contributed by atoms with Gasteiger partial charge in [-0.15, -0.1) is 6.58 Å². The van der Waals surface area contributed by atoms with Crippen molar-refractivity contribution in [2.75, 3.05) is 19.3 Å². The van der Waals surface area contributed by atoms with Gasteiger partial charge < -0.3 is 20.9 Å². The molecule has 2 aliphatic rings. The number of piperidine rings is 1. The lowest BCUT2D eigenvalue weighted by Gasteiger charge is -2.38. The topological polar surface area (TPSA) is 171 Å². The molecule has 43 heavy (non-hydrogen) atoms. The van der Waals surface area contributed by atoms with Gasteiger partial charge in [-0.2, -0.15) is 0 Å². The number of carbonyl (C=O) groups excluding carboxylic acids is 5. The highest BCUT2D eigenvalue weighted by Crippen LogP contribution is 2.65. The molecule has 13 heteroatoms. The molecule has 1 saturated heterocycles. The lowest BCUT2D eigenvalue weighted by molar-refractivity contribution is -0.146. The molecule has 0 aromatic heterocycles. The average Bonchev–Trinajstić information content (AvgIpc) is 3.20. The maximum Gasteiger partial charge on any atom is 0.289 e. The Morgan fingerprint density at radius 3 is 2.16 bits per heavy atom. The molecule has 1 heterocycles. The first-order chi connectivity index (χ1) is 19.7. The Morgan fingerprint density at radius 1 is 1.07 bits per heavy atom. The SMILES string of the molecule is C=CCNC(=O)C(=O)[C@H](CCC)NC(=O)[C@@H]1[C@@H]2[C@H](CN1C(=O)[C@@H](NC(=O)[C@H](CC(C)C)NS(C)(=O)=O)C(C)(C)C)C2(C)C. The molecule has 0 unspecified atom stereocenters. The van der Waals surface area contributed by atoms with Gasteiger partial charge >= 0.3 is 0 Å². The minimum Gasteiger partial charge on any atom is -0.346 e. The molecule has 4 N–H and O–H groups in total. The van der Waals surface area contributed by atoms with Crippen molar-refractivity contribution in [2.45, 2.75) is 98.8 Å². The summed E-state index contributed by atoms with van der Waals surface area (Å²) in [6.07, 6.45) is 3.43.